The lowest BCUT2D eigenvalue weighted by Crippen LogP contribution is -2.44. The molecule has 1 N–H and O–H groups in total. The first-order valence-electron chi connectivity index (χ1n) is 5.15. The Morgan fingerprint density at radius 3 is 2.89 bits per heavy atom. The molecule has 1 fully saturated rings. The summed E-state index contributed by atoms with van der Waals surface area (Å²) in [5.74, 6) is -0.915. The van der Waals surface area contributed by atoms with Gasteiger partial charge in [0.1, 0.15) is 18.5 Å². The van der Waals surface area contributed by atoms with Crippen molar-refractivity contribution in [1.82, 2.24) is 5.32 Å². The molecule has 1 saturated heterocycles. The maximum Gasteiger partial charge on any atom is 0.407 e. The van der Waals surface area contributed by atoms with Crippen molar-refractivity contribution >= 4 is 29.3 Å². The second kappa shape index (κ2) is 4.81. The number of rotatable bonds is 2. The van der Waals surface area contributed by atoms with Crippen LogP contribution in [0.2, 0.25) is 5.02 Å². The zero-order valence-electron chi connectivity index (χ0n) is 9.44. The van der Waals surface area contributed by atoms with E-state index in [1.807, 2.05) is 0 Å². The van der Waals surface area contributed by atoms with Crippen LogP contribution in [0.25, 0.3) is 0 Å². The van der Waals surface area contributed by atoms with Crippen molar-refractivity contribution in [2.75, 3.05) is 18.6 Å². The van der Waals surface area contributed by atoms with Gasteiger partial charge >= 0.3 is 6.09 Å². The zero-order valence-corrected chi connectivity index (χ0v) is 10.2. The SMILES string of the molecule is CN(C(=O)[C@@H]1COC(=O)N1)c1ccc(F)c(Cl)c1. The van der Waals surface area contributed by atoms with Gasteiger partial charge in [-0.3, -0.25) is 4.79 Å². The number of likely N-dealkylation sites (N-methyl/N-ethyl adjacent to an activating group) is 1. The van der Waals surface area contributed by atoms with Crippen molar-refractivity contribution in [1.29, 1.82) is 0 Å². The van der Waals surface area contributed by atoms with Crippen LogP contribution in [0.1, 0.15) is 0 Å². The number of carbonyl (C=O) groups excluding carboxylic acids is 2. The molecule has 1 aromatic carbocycles. The Hall–Kier alpha value is -1.82. The molecule has 5 nitrogen and oxygen atoms in total. The minimum absolute atomic E-state index is 0.0169. The molecule has 0 spiro atoms. The van der Waals surface area contributed by atoms with E-state index >= 15 is 0 Å². The molecule has 0 aliphatic carbocycles. The van der Waals surface area contributed by atoms with Crippen LogP contribution in [0.15, 0.2) is 18.2 Å². The summed E-state index contributed by atoms with van der Waals surface area (Å²) in [6, 6.07) is 3.21. The van der Waals surface area contributed by atoms with E-state index in [-0.39, 0.29) is 17.5 Å². The van der Waals surface area contributed by atoms with Crippen LogP contribution in [0.3, 0.4) is 0 Å². The Morgan fingerprint density at radius 2 is 2.33 bits per heavy atom. The number of nitrogens with zero attached hydrogens (tertiary/aromatic N) is 1. The standard InChI is InChI=1S/C11H10ClFN2O3/c1-15(6-2-3-8(13)7(12)4-6)10(16)9-5-18-11(17)14-9/h2-4,9H,5H2,1H3,(H,14,17)/t9-/m0/s1. The van der Waals surface area contributed by atoms with Crippen molar-refractivity contribution in [2.45, 2.75) is 6.04 Å². The van der Waals surface area contributed by atoms with Gasteiger partial charge in [0, 0.05) is 12.7 Å². The molecular weight excluding hydrogens is 263 g/mol. The summed E-state index contributed by atoms with van der Waals surface area (Å²) in [6.07, 6.45) is -0.626. The lowest BCUT2D eigenvalue weighted by atomic mass is 10.2. The Kier molecular flexibility index (Phi) is 3.38. The molecule has 1 aromatic rings. The maximum absolute atomic E-state index is 13.0. The van der Waals surface area contributed by atoms with Crippen LogP contribution < -0.4 is 10.2 Å². The number of hydrogen-bond donors (Lipinski definition) is 1. The van der Waals surface area contributed by atoms with E-state index in [0.29, 0.717) is 5.69 Å². The van der Waals surface area contributed by atoms with E-state index in [9.17, 15) is 14.0 Å². The summed E-state index contributed by atoms with van der Waals surface area (Å²) in [6.45, 7) is -0.0169. The molecule has 0 bridgehead atoms. The van der Waals surface area contributed by atoms with Crippen molar-refractivity contribution < 1.29 is 18.7 Å². The number of ether oxygens (including phenoxy) is 1. The Morgan fingerprint density at radius 1 is 1.61 bits per heavy atom. The van der Waals surface area contributed by atoms with Gasteiger partial charge in [-0.25, -0.2) is 9.18 Å². The second-order valence-electron chi connectivity index (χ2n) is 3.79. The van der Waals surface area contributed by atoms with Crippen LogP contribution in [-0.4, -0.2) is 31.7 Å². The topological polar surface area (TPSA) is 58.6 Å². The third-order valence-corrected chi connectivity index (χ3v) is 2.88. The average molecular weight is 273 g/mol. The Labute approximate surface area is 107 Å². The predicted molar refractivity (Wildman–Crippen MR) is 63.1 cm³/mol. The third kappa shape index (κ3) is 2.38. The highest BCUT2D eigenvalue weighted by Crippen LogP contribution is 2.22. The maximum atomic E-state index is 13.0. The fourth-order valence-electron chi connectivity index (χ4n) is 1.57. The number of hydrogen-bond acceptors (Lipinski definition) is 3. The minimum Gasteiger partial charge on any atom is -0.447 e. The monoisotopic (exact) mass is 272 g/mol. The number of cyclic esters (lactones) is 1. The molecule has 0 saturated carbocycles. The predicted octanol–water partition coefficient (Wildman–Crippen LogP) is 1.55. The molecule has 0 unspecified atom stereocenters. The van der Waals surface area contributed by atoms with Crippen LogP contribution >= 0.6 is 11.6 Å². The van der Waals surface area contributed by atoms with E-state index in [1.54, 1.807) is 0 Å². The van der Waals surface area contributed by atoms with E-state index in [4.69, 9.17) is 11.6 Å². The molecule has 1 atom stereocenters. The first kappa shape index (κ1) is 12.6. The molecule has 1 aliphatic heterocycles. The van der Waals surface area contributed by atoms with Gasteiger partial charge in [-0.1, -0.05) is 11.6 Å². The first-order valence-corrected chi connectivity index (χ1v) is 5.53. The largest absolute Gasteiger partial charge is 0.447 e. The molecular formula is C11H10ClFN2O3. The summed E-state index contributed by atoms with van der Waals surface area (Å²) in [5.41, 5.74) is 0.438. The van der Waals surface area contributed by atoms with Crippen LogP contribution in [0.4, 0.5) is 14.9 Å². The average Bonchev–Trinajstić information content (AvgIpc) is 2.77. The van der Waals surface area contributed by atoms with E-state index in [2.05, 4.69) is 10.1 Å². The Balaban J connectivity index is 2.15. The van der Waals surface area contributed by atoms with Gasteiger partial charge in [0.25, 0.3) is 5.91 Å². The van der Waals surface area contributed by atoms with Crippen LogP contribution in [0, 0.1) is 5.82 Å². The quantitative estimate of drug-likeness (QED) is 0.889. The van der Waals surface area contributed by atoms with Crippen molar-refractivity contribution in [3.05, 3.63) is 29.0 Å². The highest BCUT2D eigenvalue weighted by molar-refractivity contribution is 6.31. The van der Waals surface area contributed by atoms with Gasteiger partial charge in [-0.05, 0) is 18.2 Å². The summed E-state index contributed by atoms with van der Waals surface area (Å²) in [7, 11) is 1.51. The Bertz CT molecular complexity index is 509. The third-order valence-electron chi connectivity index (χ3n) is 2.59. The van der Waals surface area contributed by atoms with E-state index in [0.717, 1.165) is 0 Å². The second-order valence-corrected chi connectivity index (χ2v) is 4.20. The number of anilines is 1. The number of alkyl carbamates (subject to hydrolysis) is 1. The van der Waals surface area contributed by atoms with Crippen LogP contribution in [0.5, 0.6) is 0 Å². The lowest BCUT2D eigenvalue weighted by Gasteiger charge is -2.20. The summed E-state index contributed by atoms with van der Waals surface area (Å²) in [4.78, 5) is 24.1. The van der Waals surface area contributed by atoms with Crippen molar-refractivity contribution in [3.63, 3.8) is 0 Å². The molecule has 0 aromatic heterocycles. The normalized spacial score (nSPS) is 18.2. The number of halogens is 2. The van der Waals surface area contributed by atoms with E-state index in [1.165, 1.54) is 30.1 Å². The van der Waals surface area contributed by atoms with Crippen molar-refractivity contribution in [2.24, 2.45) is 0 Å². The highest BCUT2D eigenvalue weighted by Gasteiger charge is 2.31. The van der Waals surface area contributed by atoms with Gasteiger partial charge < -0.3 is 15.0 Å². The number of benzene rings is 1. The summed E-state index contributed by atoms with van der Waals surface area (Å²) < 4.78 is 17.6. The molecule has 96 valence electrons. The van der Waals surface area contributed by atoms with Gasteiger partial charge in [0.15, 0.2) is 0 Å². The van der Waals surface area contributed by atoms with E-state index < -0.39 is 18.0 Å². The molecule has 0 radical (unpaired) electrons. The molecule has 1 aliphatic rings. The molecule has 18 heavy (non-hydrogen) atoms. The van der Waals surface area contributed by atoms with Gasteiger partial charge in [-0.2, -0.15) is 0 Å². The number of carbonyl (C=O) groups is 2. The minimum atomic E-state index is -0.730. The van der Waals surface area contributed by atoms with Gasteiger partial charge in [0.05, 0.1) is 5.02 Å². The number of amides is 2. The molecule has 1 heterocycles. The summed E-state index contributed by atoms with van der Waals surface area (Å²) in [5, 5.41) is 2.30. The smallest absolute Gasteiger partial charge is 0.407 e. The van der Waals surface area contributed by atoms with Gasteiger partial charge in [0.2, 0.25) is 0 Å². The highest BCUT2D eigenvalue weighted by atomic mass is 35.5. The van der Waals surface area contributed by atoms with Crippen molar-refractivity contribution in [3.8, 4) is 0 Å². The van der Waals surface area contributed by atoms with Crippen LogP contribution in [-0.2, 0) is 9.53 Å². The lowest BCUT2D eigenvalue weighted by molar-refractivity contribution is -0.120. The number of nitrogens with one attached hydrogen (secondary N) is 1. The summed E-state index contributed by atoms with van der Waals surface area (Å²) >= 11 is 5.64. The fraction of sp³-hybridized carbons (Fsp3) is 0.273. The first-order chi connectivity index (χ1) is 8.49. The molecule has 2 amide bonds. The molecule has 2 rings (SSSR count). The van der Waals surface area contributed by atoms with Gasteiger partial charge in [-0.15, -0.1) is 0 Å². The fourth-order valence-corrected chi connectivity index (χ4v) is 1.75. The zero-order chi connectivity index (χ0) is 13.3. The molecule has 7 heteroatoms.